The Balaban J connectivity index is 1.57. The molecule has 0 aliphatic heterocycles. The van der Waals surface area contributed by atoms with Gasteiger partial charge in [0.1, 0.15) is 0 Å². The van der Waals surface area contributed by atoms with Gasteiger partial charge < -0.3 is 9.88 Å². The Bertz CT molecular complexity index is 1080. The Morgan fingerprint density at radius 1 is 0.962 bits per heavy atom. The molecule has 4 heterocycles. The molecule has 0 fully saturated rings. The molecule has 0 bridgehead atoms. The van der Waals surface area contributed by atoms with Crippen molar-refractivity contribution in [3.63, 3.8) is 0 Å². The van der Waals surface area contributed by atoms with Gasteiger partial charge in [0.05, 0.1) is 17.4 Å². The van der Waals surface area contributed by atoms with Crippen LogP contribution in [-0.4, -0.2) is 24.5 Å². The summed E-state index contributed by atoms with van der Waals surface area (Å²) in [5.41, 5.74) is 2.49. The fourth-order valence-corrected chi connectivity index (χ4v) is 2.65. The van der Waals surface area contributed by atoms with Crippen LogP contribution in [0, 0.1) is 0 Å². The lowest BCUT2D eigenvalue weighted by Crippen LogP contribution is -2.20. The summed E-state index contributed by atoms with van der Waals surface area (Å²) >= 11 is 0. The van der Waals surface area contributed by atoms with E-state index < -0.39 is 0 Å². The van der Waals surface area contributed by atoms with E-state index in [0.29, 0.717) is 29.9 Å². The zero-order valence-corrected chi connectivity index (χ0v) is 13.9. The van der Waals surface area contributed by atoms with Gasteiger partial charge >= 0.3 is 0 Å². The minimum absolute atomic E-state index is 0.120. The number of hydrogen-bond acceptors (Lipinski definition) is 6. The first-order valence-electron chi connectivity index (χ1n) is 8.17. The van der Waals surface area contributed by atoms with Crippen LogP contribution in [0.5, 0.6) is 0 Å². The van der Waals surface area contributed by atoms with E-state index in [1.165, 1.54) is 0 Å². The molecule has 0 radical (unpaired) electrons. The lowest BCUT2D eigenvalue weighted by molar-refractivity contribution is 0.763. The highest BCUT2D eigenvalue weighted by molar-refractivity contribution is 5.77. The van der Waals surface area contributed by atoms with Gasteiger partial charge in [-0.2, -0.15) is 0 Å². The van der Waals surface area contributed by atoms with Gasteiger partial charge in [0.2, 0.25) is 5.95 Å². The van der Waals surface area contributed by atoms with Gasteiger partial charge in [-0.25, -0.2) is 9.97 Å². The highest BCUT2D eigenvalue weighted by atomic mass is 16.1. The van der Waals surface area contributed by atoms with Crippen LogP contribution >= 0.6 is 0 Å². The van der Waals surface area contributed by atoms with Gasteiger partial charge in [-0.05, 0) is 29.3 Å². The van der Waals surface area contributed by atoms with Crippen LogP contribution < -0.4 is 10.9 Å². The predicted octanol–water partition coefficient (Wildman–Crippen LogP) is 2.24. The molecule has 0 aromatic carbocycles. The van der Waals surface area contributed by atoms with E-state index >= 15 is 0 Å². The first-order chi connectivity index (χ1) is 12.8. The van der Waals surface area contributed by atoms with Crippen molar-refractivity contribution in [2.45, 2.75) is 13.1 Å². The second kappa shape index (κ2) is 7.10. The van der Waals surface area contributed by atoms with Crippen molar-refractivity contribution in [3.05, 3.63) is 89.0 Å². The number of anilines is 1. The third-order valence-corrected chi connectivity index (χ3v) is 3.97. The molecular weight excluding hydrogens is 328 g/mol. The Morgan fingerprint density at radius 2 is 1.73 bits per heavy atom. The summed E-state index contributed by atoms with van der Waals surface area (Å²) in [4.78, 5) is 29.5. The van der Waals surface area contributed by atoms with E-state index in [2.05, 4.69) is 25.3 Å². The summed E-state index contributed by atoms with van der Waals surface area (Å²) in [6.45, 7) is 1.03. The topological polar surface area (TPSA) is 85.6 Å². The third kappa shape index (κ3) is 3.41. The Kier molecular flexibility index (Phi) is 4.34. The van der Waals surface area contributed by atoms with Crippen LogP contribution in [0.4, 0.5) is 5.95 Å². The van der Waals surface area contributed by atoms with Crippen LogP contribution in [0.2, 0.25) is 0 Å². The Labute approximate surface area is 149 Å². The smallest absolute Gasteiger partial charge is 0.261 e. The van der Waals surface area contributed by atoms with Gasteiger partial charge in [-0.1, -0.05) is 12.1 Å². The highest BCUT2D eigenvalue weighted by Gasteiger charge is 2.07. The molecular formula is C19H16N6O. The van der Waals surface area contributed by atoms with Gasteiger partial charge in [-0.15, -0.1) is 0 Å². The van der Waals surface area contributed by atoms with Crippen molar-refractivity contribution >= 4 is 16.9 Å². The monoisotopic (exact) mass is 344 g/mol. The summed E-state index contributed by atoms with van der Waals surface area (Å²) in [7, 11) is 0. The molecule has 7 heteroatoms. The molecule has 26 heavy (non-hydrogen) atoms. The number of hydrogen-bond donors (Lipinski definition) is 1. The highest BCUT2D eigenvalue weighted by Crippen LogP contribution is 2.10. The standard InChI is InChI=1S/C19H16N6O/c26-18-16-12-23-19(22-11-14-3-1-6-20-9-14)24-17(16)5-8-25(18)13-15-4-2-7-21-10-15/h1-10,12H,11,13H2,(H,22,23,24). The summed E-state index contributed by atoms with van der Waals surface area (Å²) in [6, 6.07) is 9.46. The first-order valence-corrected chi connectivity index (χ1v) is 8.17. The quantitative estimate of drug-likeness (QED) is 0.598. The Morgan fingerprint density at radius 3 is 2.46 bits per heavy atom. The summed E-state index contributed by atoms with van der Waals surface area (Å²) < 4.78 is 1.63. The molecule has 7 nitrogen and oxygen atoms in total. The first kappa shape index (κ1) is 15.9. The van der Waals surface area contributed by atoms with Crippen LogP contribution in [0.25, 0.3) is 10.9 Å². The van der Waals surface area contributed by atoms with Gasteiger partial charge in [0.15, 0.2) is 0 Å². The summed E-state index contributed by atoms with van der Waals surface area (Å²) in [5, 5.41) is 3.64. The van der Waals surface area contributed by atoms with E-state index in [-0.39, 0.29) is 5.56 Å². The number of nitrogens with one attached hydrogen (secondary N) is 1. The zero-order chi connectivity index (χ0) is 17.8. The zero-order valence-electron chi connectivity index (χ0n) is 13.9. The molecule has 0 aliphatic carbocycles. The predicted molar refractivity (Wildman–Crippen MR) is 98.7 cm³/mol. The van der Waals surface area contributed by atoms with Crippen molar-refractivity contribution in [1.82, 2.24) is 24.5 Å². The van der Waals surface area contributed by atoms with Gasteiger partial charge in [0.25, 0.3) is 5.56 Å². The molecule has 4 rings (SSSR count). The minimum Gasteiger partial charge on any atom is -0.350 e. The van der Waals surface area contributed by atoms with Gasteiger partial charge in [-0.3, -0.25) is 14.8 Å². The molecule has 0 saturated carbocycles. The van der Waals surface area contributed by atoms with E-state index in [9.17, 15) is 4.79 Å². The van der Waals surface area contributed by atoms with E-state index in [1.807, 2.05) is 30.3 Å². The number of pyridine rings is 3. The Hall–Kier alpha value is -3.61. The maximum Gasteiger partial charge on any atom is 0.261 e. The molecule has 4 aromatic rings. The molecule has 1 N–H and O–H groups in total. The molecule has 0 unspecified atom stereocenters. The van der Waals surface area contributed by atoms with E-state index in [1.54, 1.807) is 41.7 Å². The normalized spacial score (nSPS) is 10.8. The number of aromatic nitrogens is 5. The maximum atomic E-state index is 12.7. The molecule has 0 spiro atoms. The second-order valence-electron chi connectivity index (χ2n) is 5.82. The molecule has 4 aromatic heterocycles. The molecule has 0 amide bonds. The average Bonchev–Trinajstić information content (AvgIpc) is 2.70. The number of nitrogens with zero attached hydrogens (tertiary/aromatic N) is 5. The van der Waals surface area contributed by atoms with Crippen LogP contribution in [0.1, 0.15) is 11.1 Å². The number of fused-ring (bicyclic) bond motifs is 1. The fourth-order valence-electron chi connectivity index (χ4n) is 2.65. The van der Waals surface area contributed by atoms with Crippen molar-refractivity contribution in [2.75, 3.05) is 5.32 Å². The van der Waals surface area contributed by atoms with Crippen LogP contribution in [-0.2, 0) is 13.1 Å². The van der Waals surface area contributed by atoms with Crippen molar-refractivity contribution in [3.8, 4) is 0 Å². The van der Waals surface area contributed by atoms with Crippen LogP contribution in [0.3, 0.4) is 0 Å². The summed E-state index contributed by atoms with van der Waals surface area (Å²) in [5.74, 6) is 0.478. The lowest BCUT2D eigenvalue weighted by atomic mass is 10.2. The molecule has 128 valence electrons. The third-order valence-electron chi connectivity index (χ3n) is 3.97. The maximum absolute atomic E-state index is 12.7. The minimum atomic E-state index is -0.120. The number of rotatable bonds is 5. The lowest BCUT2D eigenvalue weighted by Gasteiger charge is -2.08. The molecule has 0 aliphatic rings. The summed E-state index contributed by atoms with van der Waals surface area (Å²) in [6.07, 6.45) is 10.3. The molecule has 0 saturated heterocycles. The van der Waals surface area contributed by atoms with Gasteiger partial charge in [0, 0.05) is 43.7 Å². The van der Waals surface area contributed by atoms with Crippen molar-refractivity contribution < 1.29 is 0 Å². The second-order valence-corrected chi connectivity index (χ2v) is 5.82. The molecule has 0 atom stereocenters. The fraction of sp³-hybridized carbons (Fsp3) is 0.105. The van der Waals surface area contributed by atoms with E-state index in [4.69, 9.17) is 0 Å². The van der Waals surface area contributed by atoms with E-state index in [0.717, 1.165) is 11.1 Å². The largest absolute Gasteiger partial charge is 0.350 e. The van der Waals surface area contributed by atoms with Crippen molar-refractivity contribution in [1.29, 1.82) is 0 Å². The van der Waals surface area contributed by atoms with Crippen molar-refractivity contribution in [2.24, 2.45) is 0 Å². The van der Waals surface area contributed by atoms with Crippen LogP contribution in [0.15, 0.2) is 72.3 Å². The average molecular weight is 344 g/mol. The SMILES string of the molecule is O=c1c2cnc(NCc3cccnc3)nc2ccn1Cc1cccnc1.